The zero-order valence-corrected chi connectivity index (χ0v) is 4.42. The first kappa shape index (κ1) is 4.30. The maximum atomic E-state index is 3.92. The Morgan fingerprint density at radius 3 is 2.57 bits per heavy atom. The van der Waals surface area contributed by atoms with Gasteiger partial charge in [-0.2, -0.15) is 5.10 Å². The molecule has 1 aromatic heterocycles. The average molecular weight is 97.1 g/mol. The van der Waals surface area contributed by atoms with Crippen molar-refractivity contribution in [2.45, 2.75) is 6.92 Å². The molecule has 3 nitrogen and oxygen atoms in total. The van der Waals surface area contributed by atoms with E-state index in [1.807, 2.05) is 14.0 Å². The van der Waals surface area contributed by atoms with E-state index in [0.717, 1.165) is 5.82 Å². The molecule has 0 saturated carbocycles. The van der Waals surface area contributed by atoms with Gasteiger partial charge in [0.05, 0.1) is 0 Å². The Bertz CT molecular complexity index is 139. The third kappa shape index (κ3) is 0.765. The second-order valence-electron chi connectivity index (χ2n) is 1.47. The molecule has 1 heterocycles. The Hall–Kier alpha value is -0.860. The van der Waals surface area contributed by atoms with Crippen LogP contribution in [0, 0.1) is 6.92 Å². The number of aromatic nitrogens is 3. The van der Waals surface area contributed by atoms with E-state index in [1.165, 1.54) is 0 Å². The van der Waals surface area contributed by atoms with Crippen LogP contribution in [-0.4, -0.2) is 14.8 Å². The van der Waals surface area contributed by atoms with E-state index in [9.17, 15) is 0 Å². The Kier molecular flexibility index (Phi) is 0.817. The zero-order chi connectivity index (χ0) is 5.28. The molecule has 0 saturated heterocycles. The lowest BCUT2D eigenvalue weighted by Gasteiger charge is -1.76. The highest BCUT2D eigenvalue weighted by Gasteiger charge is 1.83. The van der Waals surface area contributed by atoms with Gasteiger partial charge in [-0.25, -0.2) is 4.98 Å². The fraction of sp³-hybridized carbons (Fsp3) is 0.500. The summed E-state index contributed by atoms with van der Waals surface area (Å²) in [7, 11) is 1.85. The predicted octanol–water partition coefficient (Wildman–Crippen LogP) is 0.124. The fourth-order valence-corrected chi connectivity index (χ4v) is 0.447. The van der Waals surface area contributed by atoms with Crippen LogP contribution in [-0.2, 0) is 7.05 Å². The molecule has 0 unspecified atom stereocenters. The molecular weight excluding hydrogens is 90.1 g/mol. The highest BCUT2D eigenvalue weighted by Crippen LogP contribution is 1.79. The van der Waals surface area contributed by atoms with Gasteiger partial charge in [-0.1, -0.05) is 0 Å². The van der Waals surface area contributed by atoms with Gasteiger partial charge in [0.15, 0.2) is 0 Å². The van der Waals surface area contributed by atoms with Crippen molar-refractivity contribution in [3.63, 3.8) is 0 Å². The molecule has 0 radical (unpaired) electrons. The van der Waals surface area contributed by atoms with Crippen LogP contribution in [0.15, 0.2) is 6.33 Å². The maximum absolute atomic E-state index is 3.92. The van der Waals surface area contributed by atoms with Gasteiger partial charge < -0.3 is 0 Å². The van der Waals surface area contributed by atoms with Crippen molar-refractivity contribution in [2.75, 3.05) is 0 Å². The van der Waals surface area contributed by atoms with E-state index in [4.69, 9.17) is 0 Å². The van der Waals surface area contributed by atoms with Gasteiger partial charge in [-0.15, -0.1) is 0 Å². The number of aryl methyl sites for hydroxylation is 2. The van der Waals surface area contributed by atoms with Crippen molar-refractivity contribution in [2.24, 2.45) is 7.05 Å². The van der Waals surface area contributed by atoms with Gasteiger partial charge in [0.25, 0.3) is 0 Å². The molecule has 1 aromatic rings. The molecule has 1 rings (SSSR count). The largest absolute Gasteiger partial charge is 0.256 e. The molecule has 0 aliphatic rings. The smallest absolute Gasteiger partial charge is 0.147 e. The van der Waals surface area contributed by atoms with Crippen molar-refractivity contribution in [1.29, 1.82) is 0 Å². The van der Waals surface area contributed by atoms with E-state index in [-0.39, 0.29) is 0 Å². The van der Waals surface area contributed by atoms with Crippen LogP contribution in [0.5, 0.6) is 0 Å². The van der Waals surface area contributed by atoms with Gasteiger partial charge in [0, 0.05) is 7.05 Å². The van der Waals surface area contributed by atoms with Crippen molar-refractivity contribution in [1.82, 2.24) is 14.8 Å². The second kappa shape index (κ2) is 1.33. The molecular formula is C4H7N3. The zero-order valence-electron chi connectivity index (χ0n) is 4.42. The predicted molar refractivity (Wildman–Crippen MR) is 25.7 cm³/mol. The lowest BCUT2D eigenvalue weighted by atomic mass is 10.8. The van der Waals surface area contributed by atoms with Gasteiger partial charge in [-0.3, -0.25) is 4.68 Å². The van der Waals surface area contributed by atoms with E-state index < -0.39 is 0 Å². The first-order chi connectivity index (χ1) is 3.29. The standard InChI is InChI=1S/C4H7N3/c1-4-5-3-7(2)6-4/h3H,1-2H3. The monoisotopic (exact) mass is 97.1 g/mol. The molecule has 0 atom stereocenters. The molecule has 0 bridgehead atoms. The van der Waals surface area contributed by atoms with Gasteiger partial charge in [-0.05, 0) is 6.92 Å². The molecule has 3 heteroatoms. The summed E-state index contributed by atoms with van der Waals surface area (Å²) < 4.78 is 1.68. The van der Waals surface area contributed by atoms with Gasteiger partial charge in [0.1, 0.15) is 12.2 Å². The normalized spacial score (nSPS) is 9.43. The fourth-order valence-electron chi connectivity index (χ4n) is 0.447. The summed E-state index contributed by atoms with van der Waals surface area (Å²) in [5.74, 6) is 0.822. The summed E-state index contributed by atoms with van der Waals surface area (Å²) in [4.78, 5) is 3.87. The Morgan fingerprint density at radius 1 is 1.71 bits per heavy atom. The van der Waals surface area contributed by atoms with E-state index in [1.54, 1.807) is 11.0 Å². The summed E-state index contributed by atoms with van der Waals surface area (Å²) in [5.41, 5.74) is 0. The summed E-state index contributed by atoms with van der Waals surface area (Å²) in [6, 6.07) is 0. The topological polar surface area (TPSA) is 30.7 Å². The summed E-state index contributed by atoms with van der Waals surface area (Å²) >= 11 is 0. The highest BCUT2D eigenvalue weighted by atomic mass is 15.3. The van der Waals surface area contributed by atoms with Gasteiger partial charge >= 0.3 is 0 Å². The van der Waals surface area contributed by atoms with Gasteiger partial charge in [0.2, 0.25) is 0 Å². The maximum Gasteiger partial charge on any atom is 0.147 e. The minimum Gasteiger partial charge on any atom is -0.256 e. The third-order valence-corrected chi connectivity index (χ3v) is 0.714. The Morgan fingerprint density at radius 2 is 2.43 bits per heavy atom. The minimum absolute atomic E-state index is 0.822. The molecule has 0 spiro atoms. The van der Waals surface area contributed by atoms with Crippen molar-refractivity contribution >= 4 is 0 Å². The molecule has 7 heavy (non-hydrogen) atoms. The van der Waals surface area contributed by atoms with Crippen LogP contribution in [0.2, 0.25) is 0 Å². The average Bonchev–Trinajstić information content (AvgIpc) is 1.87. The van der Waals surface area contributed by atoms with Crippen LogP contribution in [0.1, 0.15) is 5.82 Å². The Balaban J connectivity index is 3.04. The van der Waals surface area contributed by atoms with E-state index >= 15 is 0 Å². The third-order valence-electron chi connectivity index (χ3n) is 0.714. The highest BCUT2D eigenvalue weighted by molar-refractivity contribution is 4.72. The Labute approximate surface area is 42.0 Å². The molecule has 0 aliphatic carbocycles. The lowest BCUT2D eigenvalue weighted by molar-refractivity contribution is 0.756. The van der Waals surface area contributed by atoms with Crippen molar-refractivity contribution < 1.29 is 0 Å². The van der Waals surface area contributed by atoms with Crippen molar-refractivity contribution in [3.8, 4) is 0 Å². The van der Waals surface area contributed by atoms with Crippen LogP contribution in [0.3, 0.4) is 0 Å². The number of rotatable bonds is 0. The summed E-state index contributed by atoms with van der Waals surface area (Å²) in [6.45, 7) is 1.86. The molecule has 0 aromatic carbocycles. The molecule has 38 valence electrons. The number of nitrogens with zero attached hydrogens (tertiary/aromatic N) is 3. The first-order valence-electron chi connectivity index (χ1n) is 2.11. The second-order valence-corrected chi connectivity index (χ2v) is 1.47. The number of hydrogen-bond donors (Lipinski definition) is 0. The SMILES string of the molecule is Cc1ncn(C)n1. The van der Waals surface area contributed by atoms with E-state index in [0.29, 0.717) is 0 Å². The van der Waals surface area contributed by atoms with Crippen LogP contribution in [0.4, 0.5) is 0 Å². The first-order valence-corrected chi connectivity index (χ1v) is 2.11. The summed E-state index contributed by atoms with van der Waals surface area (Å²) in [5, 5.41) is 3.92. The molecule has 0 N–H and O–H groups in total. The molecule has 0 aliphatic heterocycles. The van der Waals surface area contributed by atoms with Crippen LogP contribution >= 0.6 is 0 Å². The minimum atomic E-state index is 0.822. The number of hydrogen-bond acceptors (Lipinski definition) is 2. The van der Waals surface area contributed by atoms with Crippen LogP contribution < -0.4 is 0 Å². The van der Waals surface area contributed by atoms with Crippen molar-refractivity contribution in [3.05, 3.63) is 12.2 Å². The molecule has 0 amide bonds. The molecule has 0 fully saturated rings. The lowest BCUT2D eigenvalue weighted by Crippen LogP contribution is -1.86. The van der Waals surface area contributed by atoms with Crippen LogP contribution in [0.25, 0.3) is 0 Å². The summed E-state index contributed by atoms with van der Waals surface area (Å²) in [6.07, 6.45) is 1.68. The quantitative estimate of drug-likeness (QED) is 0.460. The van der Waals surface area contributed by atoms with E-state index in [2.05, 4.69) is 10.1 Å².